The van der Waals surface area contributed by atoms with Crippen LogP contribution in [0.2, 0.25) is 0 Å². The fourth-order valence-electron chi connectivity index (χ4n) is 1.42. The van der Waals surface area contributed by atoms with Crippen molar-refractivity contribution in [2.45, 2.75) is 25.4 Å². The van der Waals surface area contributed by atoms with Crippen LogP contribution in [-0.4, -0.2) is 12.1 Å². The smallest absolute Gasteiger partial charge is 0.121 e. The minimum absolute atomic E-state index is 0.0339. The first kappa shape index (κ1) is 8.57. The average molecular weight is 177 g/mol. The number of hydrogen-bond acceptors (Lipinski definition) is 2. The molecule has 1 aliphatic rings. The zero-order valence-electron chi connectivity index (χ0n) is 7.92. The lowest BCUT2D eigenvalue weighted by molar-refractivity contribution is 0.187. The molecule has 2 N–H and O–H groups in total. The predicted molar refractivity (Wildman–Crippen MR) is 52.8 cm³/mol. The van der Waals surface area contributed by atoms with E-state index in [1.165, 1.54) is 5.56 Å². The molecule has 0 aliphatic heterocycles. The zero-order valence-corrected chi connectivity index (χ0v) is 7.92. The Morgan fingerprint density at radius 2 is 2.23 bits per heavy atom. The maximum atomic E-state index is 5.82. The maximum absolute atomic E-state index is 5.82. The normalized spacial score (nSPS) is 18.3. The van der Waals surface area contributed by atoms with E-state index in [9.17, 15) is 0 Å². The third-order valence-corrected chi connectivity index (χ3v) is 2.50. The Kier molecular flexibility index (Phi) is 2.00. The highest BCUT2D eigenvalue weighted by molar-refractivity contribution is 5.29. The summed E-state index contributed by atoms with van der Waals surface area (Å²) < 4.78 is 5.82. The van der Waals surface area contributed by atoms with Gasteiger partial charge in [-0.3, -0.25) is 0 Å². The van der Waals surface area contributed by atoms with Crippen LogP contribution in [0.15, 0.2) is 24.3 Å². The summed E-state index contributed by atoms with van der Waals surface area (Å²) >= 11 is 0. The first-order valence-corrected chi connectivity index (χ1v) is 4.70. The van der Waals surface area contributed by atoms with Gasteiger partial charge in [0.25, 0.3) is 0 Å². The van der Waals surface area contributed by atoms with Crippen LogP contribution in [0.3, 0.4) is 0 Å². The highest BCUT2D eigenvalue weighted by Gasteiger charge is 2.44. The first-order valence-electron chi connectivity index (χ1n) is 4.70. The molecule has 13 heavy (non-hydrogen) atoms. The molecule has 2 rings (SSSR count). The van der Waals surface area contributed by atoms with Crippen LogP contribution < -0.4 is 10.5 Å². The van der Waals surface area contributed by atoms with Crippen molar-refractivity contribution in [3.8, 4) is 5.75 Å². The molecule has 0 unspecified atom stereocenters. The number of aryl methyl sites for hydroxylation is 1. The van der Waals surface area contributed by atoms with Gasteiger partial charge >= 0.3 is 0 Å². The van der Waals surface area contributed by atoms with Crippen LogP contribution in [0.25, 0.3) is 0 Å². The Balaban J connectivity index is 2.09. The highest BCUT2D eigenvalue weighted by Crippen LogP contribution is 2.39. The second-order valence-electron chi connectivity index (χ2n) is 3.81. The maximum Gasteiger partial charge on any atom is 0.121 e. The summed E-state index contributed by atoms with van der Waals surface area (Å²) in [7, 11) is 0. The SMILES string of the molecule is Cc1cccc(OC2(CN)CC2)c1. The fourth-order valence-corrected chi connectivity index (χ4v) is 1.42. The van der Waals surface area contributed by atoms with Crippen LogP contribution >= 0.6 is 0 Å². The van der Waals surface area contributed by atoms with Gasteiger partial charge < -0.3 is 10.5 Å². The molecule has 0 atom stereocenters. The van der Waals surface area contributed by atoms with Gasteiger partial charge in [0, 0.05) is 6.54 Å². The summed E-state index contributed by atoms with van der Waals surface area (Å²) in [6, 6.07) is 8.12. The lowest BCUT2D eigenvalue weighted by Gasteiger charge is -2.15. The quantitative estimate of drug-likeness (QED) is 0.765. The van der Waals surface area contributed by atoms with Crippen LogP contribution in [0.5, 0.6) is 5.75 Å². The lowest BCUT2D eigenvalue weighted by Crippen LogP contribution is -2.28. The second-order valence-corrected chi connectivity index (χ2v) is 3.81. The number of benzene rings is 1. The van der Waals surface area contributed by atoms with Crippen molar-refractivity contribution in [1.29, 1.82) is 0 Å². The van der Waals surface area contributed by atoms with Crippen molar-refractivity contribution < 1.29 is 4.74 Å². The van der Waals surface area contributed by atoms with Crippen molar-refractivity contribution in [3.05, 3.63) is 29.8 Å². The largest absolute Gasteiger partial charge is 0.486 e. The molecule has 1 saturated carbocycles. The molecule has 1 aromatic carbocycles. The van der Waals surface area contributed by atoms with Crippen molar-refractivity contribution in [2.75, 3.05) is 6.54 Å². The molecule has 1 aliphatic carbocycles. The van der Waals surface area contributed by atoms with Crippen molar-refractivity contribution in [3.63, 3.8) is 0 Å². The molecule has 0 saturated heterocycles. The van der Waals surface area contributed by atoms with Gasteiger partial charge in [-0.2, -0.15) is 0 Å². The molecule has 70 valence electrons. The lowest BCUT2D eigenvalue weighted by atomic mass is 10.2. The van der Waals surface area contributed by atoms with Gasteiger partial charge in [0.1, 0.15) is 11.4 Å². The molecular weight excluding hydrogens is 162 g/mol. The molecular formula is C11H15NO. The molecule has 0 spiro atoms. The van der Waals surface area contributed by atoms with E-state index in [0.717, 1.165) is 18.6 Å². The summed E-state index contributed by atoms with van der Waals surface area (Å²) in [5.74, 6) is 0.947. The molecule has 0 radical (unpaired) electrons. The van der Waals surface area contributed by atoms with E-state index in [1.54, 1.807) is 0 Å². The minimum atomic E-state index is -0.0339. The molecule has 0 bridgehead atoms. The molecule has 1 aromatic rings. The fraction of sp³-hybridized carbons (Fsp3) is 0.455. The monoisotopic (exact) mass is 177 g/mol. The summed E-state index contributed by atoms with van der Waals surface area (Å²) in [6.07, 6.45) is 2.19. The number of nitrogens with two attached hydrogens (primary N) is 1. The summed E-state index contributed by atoms with van der Waals surface area (Å²) in [5, 5.41) is 0. The zero-order chi connectivity index (χ0) is 9.31. The van der Waals surface area contributed by atoms with Crippen LogP contribution in [0.1, 0.15) is 18.4 Å². The van der Waals surface area contributed by atoms with Crippen LogP contribution in [-0.2, 0) is 0 Å². The van der Waals surface area contributed by atoms with Crippen LogP contribution in [0.4, 0.5) is 0 Å². The van der Waals surface area contributed by atoms with Gasteiger partial charge in [-0.15, -0.1) is 0 Å². The average Bonchev–Trinajstić information content (AvgIpc) is 2.86. The minimum Gasteiger partial charge on any atom is -0.486 e. The molecule has 1 fully saturated rings. The third kappa shape index (κ3) is 1.83. The topological polar surface area (TPSA) is 35.2 Å². The molecule has 0 heterocycles. The number of ether oxygens (including phenoxy) is 1. The number of hydrogen-bond donors (Lipinski definition) is 1. The Hall–Kier alpha value is -1.02. The van der Waals surface area contributed by atoms with E-state index in [2.05, 4.69) is 19.1 Å². The van der Waals surface area contributed by atoms with Crippen molar-refractivity contribution in [2.24, 2.45) is 5.73 Å². The van der Waals surface area contributed by atoms with E-state index >= 15 is 0 Å². The van der Waals surface area contributed by atoms with E-state index in [-0.39, 0.29) is 5.60 Å². The summed E-state index contributed by atoms with van der Waals surface area (Å²) in [6.45, 7) is 2.69. The Labute approximate surface area is 78.7 Å². The van der Waals surface area contributed by atoms with Gasteiger partial charge in [-0.1, -0.05) is 12.1 Å². The van der Waals surface area contributed by atoms with Crippen molar-refractivity contribution in [1.82, 2.24) is 0 Å². The van der Waals surface area contributed by atoms with Gasteiger partial charge in [-0.25, -0.2) is 0 Å². The van der Waals surface area contributed by atoms with Gasteiger partial charge in [0.15, 0.2) is 0 Å². The van der Waals surface area contributed by atoms with Gasteiger partial charge in [0.05, 0.1) is 0 Å². The van der Waals surface area contributed by atoms with E-state index in [4.69, 9.17) is 10.5 Å². The van der Waals surface area contributed by atoms with Crippen LogP contribution in [0, 0.1) is 6.92 Å². The summed E-state index contributed by atoms with van der Waals surface area (Å²) in [4.78, 5) is 0. The summed E-state index contributed by atoms with van der Waals surface area (Å²) in [5.41, 5.74) is 6.82. The highest BCUT2D eigenvalue weighted by atomic mass is 16.5. The van der Waals surface area contributed by atoms with E-state index < -0.39 is 0 Å². The van der Waals surface area contributed by atoms with E-state index in [1.807, 2.05) is 12.1 Å². The Bertz CT molecular complexity index is 305. The molecule has 2 heteroatoms. The molecule has 0 amide bonds. The molecule has 0 aromatic heterocycles. The van der Waals surface area contributed by atoms with Gasteiger partial charge in [0.2, 0.25) is 0 Å². The Morgan fingerprint density at radius 3 is 2.77 bits per heavy atom. The van der Waals surface area contributed by atoms with E-state index in [0.29, 0.717) is 6.54 Å². The second kappa shape index (κ2) is 3.04. The third-order valence-electron chi connectivity index (χ3n) is 2.50. The van der Waals surface area contributed by atoms with Crippen molar-refractivity contribution >= 4 is 0 Å². The van der Waals surface area contributed by atoms with Gasteiger partial charge in [-0.05, 0) is 37.5 Å². The first-order chi connectivity index (χ1) is 6.24. The molecule has 2 nitrogen and oxygen atoms in total. The predicted octanol–water partition coefficient (Wildman–Crippen LogP) is 1.87. The standard InChI is InChI=1S/C11H15NO/c1-9-3-2-4-10(7-9)13-11(8-12)5-6-11/h2-4,7H,5-6,8,12H2,1H3. The number of rotatable bonds is 3. The Morgan fingerprint density at radius 1 is 1.46 bits per heavy atom.